The van der Waals surface area contributed by atoms with Crippen molar-refractivity contribution in [3.63, 3.8) is 0 Å². The predicted molar refractivity (Wildman–Crippen MR) is 185 cm³/mol. The molecule has 11 heteroatoms. The van der Waals surface area contributed by atoms with Gasteiger partial charge in [0.15, 0.2) is 0 Å². The van der Waals surface area contributed by atoms with Crippen molar-refractivity contribution in [1.29, 1.82) is 0 Å². The summed E-state index contributed by atoms with van der Waals surface area (Å²) in [5.74, 6) is -3.13. The number of carbonyl (C=O) groups excluding carboxylic acids is 4. The molecule has 3 heterocycles. The van der Waals surface area contributed by atoms with Crippen molar-refractivity contribution in [3.05, 3.63) is 61.2 Å². The highest BCUT2D eigenvalue weighted by molar-refractivity contribution is 5.98. The van der Waals surface area contributed by atoms with Crippen LogP contribution in [0.2, 0.25) is 0 Å². The molecule has 2 N–H and O–H groups in total. The van der Waals surface area contributed by atoms with E-state index >= 15 is 0 Å². The van der Waals surface area contributed by atoms with E-state index in [-0.39, 0.29) is 43.4 Å². The molecule has 2 bridgehead atoms. The number of unbranched alkanes of at least 4 members (excludes halogenated alkanes) is 2. The molecule has 1 aromatic carbocycles. The minimum atomic E-state index is -1.17. The molecule has 4 rings (SSSR count). The lowest BCUT2D eigenvalue weighted by molar-refractivity contribution is -0.163. The largest absolute Gasteiger partial charge is 0.455 e. The van der Waals surface area contributed by atoms with E-state index in [1.54, 1.807) is 22.0 Å². The van der Waals surface area contributed by atoms with Gasteiger partial charge in [-0.3, -0.25) is 19.2 Å². The molecule has 1 aromatic rings. The highest BCUT2D eigenvalue weighted by atomic mass is 16.6. The molecular weight excluding hydrogens is 626 g/mol. The zero-order valence-electron chi connectivity index (χ0n) is 29.4. The van der Waals surface area contributed by atoms with Gasteiger partial charge >= 0.3 is 5.97 Å². The van der Waals surface area contributed by atoms with Crippen LogP contribution in [0.3, 0.4) is 0 Å². The first-order valence-electron chi connectivity index (χ1n) is 17.8. The lowest BCUT2D eigenvalue weighted by Crippen LogP contribution is -2.57. The van der Waals surface area contributed by atoms with Crippen LogP contribution >= 0.6 is 0 Å². The first kappa shape index (κ1) is 38.3. The highest BCUT2D eigenvalue weighted by Gasteiger charge is 2.75. The van der Waals surface area contributed by atoms with Crippen LogP contribution in [0, 0.1) is 11.8 Å². The summed E-state index contributed by atoms with van der Waals surface area (Å²) in [6.45, 7) is 12.4. The highest BCUT2D eigenvalue weighted by Crippen LogP contribution is 2.59. The van der Waals surface area contributed by atoms with E-state index in [1.165, 1.54) is 7.11 Å². The van der Waals surface area contributed by atoms with Gasteiger partial charge in [-0.05, 0) is 57.4 Å². The first-order valence-corrected chi connectivity index (χ1v) is 17.8. The number of hydrogen-bond acceptors (Lipinski definition) is 8. The maximum atomic E-state index is 14.6. The Labute approximate surface area is 291 Å². The number of fused-ring (bicyclic) bond motifs is 1. The van der Waals surface area contributed by atoms with Crippen LogP contribution in [0.1, 0.15) is 83.3 Å². The topological polar surface area (TPSA) is 135 Å². The van der Waals surface area contributed by atoms with Gasteiger partial charge in [0.25, 0.3) is 0 Å². The van der Waals surface area contributed by atoms with E-state index in [1.807, 2.05) is 37.3 Å². The number of nitrogens with zero attached hydrogens (tertiary/aromatic N) is 2. The van der Waals surface area contributed by atoms with E-state index in [2.05, 4.69) is 25.4 Å². The Balaban J connectivity index is 1.68. The summed E-state index contributed by atoms with van der Waals surface area (Å²) in [6.07, 6.45) is 7.12. The summed E-state index contributed by atoms with van der Waals surface area (Å²) < 4.78 is 18.4. The van der Waals surface area contributed by atoms with Crippen molar-refractivity contribution in [2.75, 3.05) is 33.4 Å². The maximum Gasteiger partial charge on any atom is 0.313 e. The van der Waals surface area contributed by atoms with Crippen LogP contribution in [-0.4, -0.2) is 102 Å². The first-order chi connectivity index (χ1) is 23.7. The summed E-state index contributed by atoms with van der Waals surface area (Å²) >= 11 is 0. The summed E-state index contributed by atoms with van der Waals surface area (Å²) in [4.78, 5) is 59.7. The fourth-order valence-corrected chi connectivity index (χ4v) is 7.99. The second kappa shape index (κ2) is 17.9. The summed E-state index contributed by atoms with van der Waals surface area (Å²) in [6, 6.07) is 7.48. The van der Waals surface area contributed by atoms with Gasteiger partial charge in [-0.1, -0.05) is 55.8 Å². The van der Waals surface area contributed by atoms with Crippen LogP contribution in [-0.2, 0) is 33.4 Å². The number of allylic oxidation sites excluding steroid dienone is 1. The second-order valence-corrected chi connectivity index (χ2v) is 13.5. The number of hydrogen-bond donors (Lipinski definition) is 2. The number of ether oxygens (including phenoxy) is 3. The molecule has 1 unspecified atom stereocenters. The second-order valence-electron chi connectivity index (χ2n) is 13.5. The number of esters is 1. The number of benzene rings is 1. The third-order valence-corrected chi connectivity index (χ3v) is 10.2. The van der Waals surface area contributed by atoms with Crippen LogP contribution < -0.4 is 5.32 Å². The Morgan fingerprint density at radius 1 is 1.18 bits per heavy atom. The average molecular weight is 682 g/mol. The van der Waals surface area contributed by atoms with Crippen LogP contribution in [0.15, 0.2) is 55.6 Å². The molecule has 0 radical (unpaired) electrons. The fourth-order valence-electron chi connectivity index (χ4n) is 7.99. The van der Waals surface area contributed by atoms with E-state index in [9.17, 15) is 24.3 Å². The lowest BCUT2D eigenvalue weighted by Gasteiger charge is -2.39. The number of nitrogens with one attached hydrogen (secondary N) is 1. The molecule has 11 nitrogen and oxygen atoms in total. The Bertz CT molecular complexity index is 1310. The number of aliphatic hydroxyl groups excluding tert-OH is 1. The van der Waals surface area contributed by atoms with Crippen molar-refractivity contribution in [1.82, 2.24) is 15.1 Å². The lowest BCUT2D eigenvalue weighted by atomic mass is 9.70. The molecule has 0 aromatic heterocycles. The van der Waals surface area contributed by atoms with E-state index in [4.69, 9.17) is 14.2 Å². The van der Waals surface area contributed by atoms with Gasteiger partial charge in [0, 0.05) is 39.3 Å². The molecule has 0 aliphatic carbocycles. The van der Waals surface area contributed by atoms with Gasteiger partial charge < -0.3 is 34.4 Å². The molecule has 3 amide bonds. The van der Waals surface area contributed by atoms with Crippen LogP contribution in [0.5, 0.6) is 0 Å². The number of carbonyl (C=O) groups is 4. The Morgan fingerprint density at radius 2 is 1.94 bits per heavy atom. The molecular formula is C38H55N3O8. The third kappa shape index (κ3) is 8.27. The van der Waals surface area contributed by atoms with Crippen molar-refractivity contribution < 1.29 is 38.5 Å². The zero-order chi connectivity index (χ0) is 35.6. The van der Waals surface area contributed by atoms with Gasteiger partial charge in [-0.15, -0.1) is 13.2 Å². The Kier molecular flexibility index (Phi) is 14.0. The van der Waals surface area contributed by atoms with Gasteiger partial charge in [-0.25, -0.2) is 0 Å². The number of rotatable bonds is 21. The van der Waals surface area contributed by atoms with E-state index < -0.39 is 47.7 Å². The fraction of sp³-hybridized carbons (Fsp3) is 0.632. The summed E-state index contributed by atoms with van der Waals surface area (Å²) in [5, 5.41) is 12.3. The van der Waals surface area contributed by atoms with Gasteiger partial charge in [0.2, 0.25) is 17.7 Å². The van der Waals surface area contributed by atoms with Crippen molar-refractivity contribution in [2.24, 2.45) is 11.8 Å². The van der Waals surface area contributed by atoms with Crippen LogP contribution in [0.25, 0.3) is 0 Å². The minimum Gasteiger partial charge on any atom is -0.455 e. The smallest absolute Gasteiger partial charge is 0.313 e. The maximum absolute atomic E-state index is 14.6. The zero-order valence-corrected chi connectivity index (χ0v) is 29.4. The number of likely N-dealkylation sites (tertiary alicyclic amines) is 1. The molecule has 1 spiro atoms. The SMILES string of the molecule is C=CCCC(=O)N[C@@H](COC)[C@@H](OC(=O)[C@@H]1[C@H]2C(=O)N(CCCCCO)[C@H](C(=O)N(CC=C)C(C)CCC)[C@]23CC[C@H]1O3)c1ccccc1. The molecule has 8 atom stereocenters. The summed E-state index contributed by atoms with van der Waals surface area (Å²) in [5.41, 5.74) is -0.500. The molecule has 3 saturated heterocycles. The van der Waals surface area contributed by atoms with Gasteiger partial charge in [0.05, 0.1) is 30.6 Å². The molecule has 270 valence electrons. The monoisotopic (exact) mass is 681 g/mol. The van der Waals surface area contributed by atoms with Crippen molar-refractivity contribution >= 4 is 23.7 Å². The van der Waals surface area contributed by atoms with Gasteiger partial charge in [0.1, 0.15) is 17.7 Å². The van der Waals surface area contributed by atoms with Crippen LogP contribution in [0.4, 0.5) is 0 Å². The standard InChI is InChI=1S/C38H55N3O8/c1-6-9-19-30(43)39-28(25-47-5)33(27-17-12-10-13-18-27)48-37(46)31-29-20-21-38(49-29)32(31)35(44)41(23-14-11-15-24-42)34(38)36(45)40(22-8-3)26(4)16-7-2/h6,8,10,12-13,17-18,26,28-29,31-34,42H,1,3,7,9,11,14-16,19-25H2,2,4-5H3,(H,39,43)/t26?,28-,29+,31-,32-,33-,34+,38-/m0/s1. The third-order valence-electron chi connectivity index (χ3n) is 10.2. The minimum absolute atomic E-state index is 0.0462. The quantitative estimate of drug-likeness (QED) is 0.113. The summed E-state index contributed by atoms with van der Waals surface area (Å²) in [7, 11) is 1.51. The number of methoxy groups -OCH3 is 1. The Morgan fingerprint density at radius 3 is 2.59 bits per heavy atom. The normalized spacial score (nSPS) is 25.7. The van der Waals surface area contributed by atoms with E-state index in [0.29, 0.717) is 57.2 Å². The van der Waals surface area contributed by atoms with Gasteiger partial charge in [-0.2, -0.15) is 0 Å². The average Bonchev–Trinajstić information content (AvgIpc) is 3.74. The van der Waals surface area contributed by atoms with Crippen molar-refractivity contribution in [3.8, 4) is 0 Å². The van der Waals surface area contributed by atoms with E-state index in [0.717, 1.165) is 12.8 Å². The molecule has 49 heavy (non-hydrogen) atoms. The molecule has 3 aliphatic rings. The molecule has 3 aliphatic heterocycles. The molecule has 0 saturated carbocycles. The number of amides is 3. The molecule has 3 fully saturated rings. The predicted octanol–water partition coefficient (Wildman–Crippen LogP) is 4.11. The Hall–Kier alpha value is -3.54. The van der Waals surface area contributed by atoms with Crippen molar-refractivity contribution in [2.45, 2.75) is 108 Å². The number of aliphatic hydroxyl groups is 1.